The summed E-state index contributed by atoms with van der Waals surface area (Å²) in [7, 11) is -3.82. The number of nitrogens with one attached hydrogen (secondary N) is 1. The number of hydrogen-bond donors (Lipinski definition) is 1. The smallest absolute Gasteiger partial charge is 0.297 e. The van der Waals surface area contributed by atoms with Gasteiger partial charge in [-0.05, 0) is 107 Å². The zero-order valence-corrected chi connectivity index (χ0v) is 31.0. The van der Waals surface area contributed by atoms with Gasteiger partial charge in [-0.25, -0.2) is 12.8 Å². The van der Waals surface area contributed by atoms with Crippen molar-refractivity contribution in [2.45, 2.75) is 115 Å². The fraction of sp³-hybridized carbons (Fsp3) is 0.550. The maximum atomic E-state index is 14.7. The Kier molecular flexibility index (Phi) is 10.1. The van der Waals surface area contributed by atoms with Gasteiger partial charge in [-0.3, -0.25) is 23.7 Å². The number of Topliss-reactive ketones (excluding diaryl/α,β-unsaturated/α-hetero) is 1. The molecule has 4 aliphatic rings. The van der Waals surface area contributed by atoms with Crippen LogP contribution in [0.1, 0.15) is 95.2 Å². The molecule has 0 radical (unpaired) electrons. The van der Waals surface area contributed by atoms with Crippen LogP contribution in [0.15, 0.2) is 54.6 Å². The van der Waals surface area contributed by atoms with Crippen LogP contribution in [0.5, 0.6) is 6.01 Å². The van der Waals surface area contributed by atoms with Crippen molar-refractivity contribution in [2.75, 3.05) is 6.54 Å². The number of ether oxygens (including phenoxy) is 1. The summed E-state index contributed by atoms with van der Waals surface area (Å²) >= 11 is 0. The number of benzene rings is 2. The molecule has 52 heavy (non-hydrogen) atoms. The molecule has 278 valence electrons. The quantitative estimate of drug-likeness (QED) is 0.267. The van der Waals surface area contributed by atoms with E-state index in [1.165, 1.54) is 12.1 Å². The second-order valence-electron chi connectivity index (χ2n) is 15.7. The number of para-hydroxylation sites is 2. The minimum atomic E-state index is -3.82. The number of nitrogens with zero attached hydrogens (tertiary/aromatic N) is 3. The largest absolute Gasteiger partial charge is 0.459 e. The third kappa shape index (κ3) is 7.54. The van der Waals surface area contributed by atoms with E-state index in [1.54, 1.807) is 4.90 Å². The van der Waals surface area contributed by atoms with Gasteiger partial charge in [0.1, 0.15) is 11.9 Å². The molecule has 1 aromatic heterocycles. The standard InChI is InChI=1S/C40H49FN4O6S/c1-25(2)45-34-14-10-9-13-33(34)42-39(45)51-31-21-35-36(46)23-40(38(48)43-52(49,50)32-15-16-32)22-29(40)12-8-6-4-5-7-11-28(37(47)44(35)24-31)19-27-17-26(3)18-30(41)20-27/h8-10,12-14,17-18,20,25,28-29,31-32,35H,4-7,11,15-16,19,21-24H2,1-3H3,(H,43,48)/b12-8-/t28-,29+,31-,35+,40-/m1/s1. The first-order valence-corrected chi connectivity index (χ1v) is 20.3. The lowest BCUT2D eigenvalue weighted by Gasteiger charge is -2.29. The second kappa shape index (κ2) is 14.4. The average Bonchev–Trinajstić information content (AvgIpc) is 3.98. The molecule has 0 unspecified atom stereocenters. The number of allylic oxidation sites excluding steroid dienone is 2. The van der Waals surface area contributed by atoms with E-state index < -0.39 is 44.7 Å². The van der Waals surface area contributed by atoms with Gasteiger partial charge in [-0.15, -0.1) is 0 Å². The number of hydrogen-bond acceptors (Lipinski definition) is 7. The lowest BCUT2D eigenvalue weighted by molar-refractivity contribution is -0.142. The number of amides is 2. The highest BCUT2D eigenvalue weighted by Crippen LogP contribution is 2.57. The van der Waals surface area contributed by atoms with Crippen molar-refractivity contribution in [3.63, 3.8) is 0 Å². The predicted octanol–water partition coefficient (Wildman–Crippen LogP) is 6.37. The zero-order valence-electron chi connectivity index (χ0n) is 30.2. The van der Waals surface area contributed by atoms with Gasteiger partial charge in [0.2, 0.25) is 21.8 Å². The highest BCUT2D eigenvalue weighted by Gasteiger charge is 2.61. The summed E-state index contributed by atoms with van der Waals surface area (Å²) in [6, 6.07) is 12.1. The predicted molar refractivity (Wildman–Crippen MR) is 195 cm³/mol. The van der Waals surface area contributed by atoms with Crippen molar-refractivity contribution < 1.29 is 31.9 Å². The summed E-state index contributed by atoms with van der Waals surface area (Å²) in [5.74, 6) is -2.25. The van der Waals surface area contributed by atoms with Gasteiger partial charge in [0, 0.05) is 24.8 Å². The summed E-state index contributed by atoms with van der Waals surface area (Å²) in [4.78, 5) is 49.4. The molecule has 2 aliphatic carbocycles. The highest BCUT2D eigenvalue weighted by molar-refractivity contribution is 7.90. The van der Waals surface area contributed by atoms with Crippen LogP contribution in [-0.2, 0) is 30.8 Å². The molecule has 10 nitrogen and oxygen atoms in total. The van der Waals surface area contributed by atoms with Crippen LogP contribution in [0.2, 0.25) is 0 Å². The minimum Gasteiger partial charge on any atom is -0.459 e. The number of rotatable bonds is 8. The number of halogens is 1. The molecule has 2 saturated carbocycles. The van der Waals surface area contributed by atoms with Crippen molar-refractivity contribution >= 4 is 38.7 Å². The fourth-order valence-corrected chi connectivity index (χ4v) is 9.67. The van der Waals surface area contributed by atoms with Crippen molar-refractivity contribution in [2.24, 2.45) is 17.3 Å². The SMILES string of the molecule is Cc1cc(F)cc(C[C@H]2CCCCC/C=C\[C@H]3C[C@@]3(C(=O)NS(=O)(=O)C3CC3)CC(=O)[C@@H]3C[C@@H](Oc4nc5ccccc5n4C(C)C)CN3C2=O)c1. The summed E-state index contributed by atoms with van der Waals surface area (Å²) < 4.78 is 51.1. The molecule has 0 spiro atoms. The molecule has 3 fully saturated rings. The van der Waals surface area contributed by atoms with Crippen molar-refractivity contribution in [3.8, 4) is 6.01 Å². The summed E-state index contributed by atoms with van der Waals surface area (Å²) in [5.41, 5.74) is 1.99. The number of aryl methyl sites for hydroxylation is 1. The van der Waals surface area contributed by atoms with Crippen molar-refractivity contribution in [1.82, 2.24) is 19.2 Å². The van der Waals surface area contributed by atoms with E-state index in [2.05, 4.69) is 4.72 Å². The molecule has 1 N–H and O–H groups in total. The first kappa shape index (κ1) is 36.3. The molecule has 1 saturated heterocycles. The van der Waals surface area contributed by atoms with E-state index in [1.807, 2.05) is 67.8 Å². The molecule has 5 atom stereocenters. The number of carbonyl (C=O) groups is 3. The Labute approximate surface area is 305 Å². The normalized spacial score (nSPS) is 27.8. The topological polar surface area (TPSA) is 128 Å². The van der Waals surface area contributed by atoms with E-state index in [0.717, 1.165) is 47.8 Å². The molecule has 2 aromatic carbocycles. The van der Waals surface area contributed by atoms with Crippen LogP contribution in [0, 0.1) is 30.0 Å². The van der Waals surface area contributed by atoms with Crippen LogP contribution in [0.25, 0.3) is 11.0 Å². The molecule has 7 rings (SSSR count). The Morgan fingerprint density at radius 1 is 1.10 bits per heavy atom. The lowest BCUT2D eigenvalue weighted by atomic mass is 9.89. The molecule has 2 amide bonds. The maximum absolute atomic E-state index is 14.7. The molecular formula is C40H49FN4O6S. The van der Waals surface area contributed by atoms with Gasteiger partial charge < -0.3 is 9.64 Å². The first-order chi connectivity index (χ1) is 24.8. The van der Waals surface area contributed by atoms with E-state index in [4.69, 9.17) is 9.72 Å². The number of ketones is 1. The van der Waals surface area contributed by atoms with Crippen molar-refractivity contribution in [3.05, 3.63) is 71.6 Å². The molecule has 12 heteroatoms. The fourth-order valence-electron chi connectivity index (χ4n) is 8.29. The van der Waals surface area contributed by atoms with Gasteiger partial charge in [0.15, 0.2) is 5.78 Å². The van der Waals surface area contributed by atoms with E-state index in [-0.39, 0.29) is 48.9 Å². The molecule has 3 aromatic rings. The summed E-state index contributed by atoms with van der Waals surface area (Å²) in [6.07, 6.45) is 9.09. The maximum Gasteiger partial charge on any atom is 0.297 e. The molecule has 0 bridgehead atoms. The van der Waals surface area contributed by atoms with Crippen LogP contribution in [0.4, 0.5) is 4.39 Å². The van der Waals surface area contributed by atoms with Crippen molar-refractivity contribution in [1.29, 1.82) is 0 Å². The third-order valence-electron chi connectivity index (χ3n) is 11.3. The second-order valence-corrected chi connectivity index (χ2v) is 17.7. The number of aromatic nitrogens is 2. The minimum absolute atomic E-state index is 0.0294. The number of carbonyl (C=O) groups excluding carboxylic acids is 3. The Balaban J connectivity index is 1.21. The Morgan fingerprint density at radius 3 is 2.63 bits per heavy atom. The van der Waals surface area contributed by atoms with Crippen LogP contribution >= 0.6 is 0 Å². The van der Waals surface area contributed by atoms with Gasteiger partial charge in [-0.1, -0.05) is 43.2 Å². The third-order valence-corrected chi connectivity index (χ3v) is 13.1. The van der Waals surface area contributed by atoms with Gasteiger partial charge in [0.05, 0.1) is 34.3 Å². The van der Waals surface area contributed by atoms with Crippen LogP contribution in [0.3, 0.4) is 0 Å². The lowest BCUT2D eigenvalue weighted by Crippen LogP contribution is -2.46. The number of sulfonamides is 1. The van der Waals surface area contributed by atoms with E-state index in [0.29, 0.717) is 38.1 Å². The first-order valence-electron chi connectivity index (χ1n) is 18.8. The number of fused-ring (bicyclic) bond motifs is 3. The molecule has 2 aliphatic heterocycles. The highest BCUT2D eigenvalue weighted by atomic mass is 32.2. The Bertz CT molecular complexity index is 1980. The number of imidazole rings is 1. The Hall–Kier alpha value is -4.06. The van der Waals surface area contributed by atoms with Crippen LogP contribution < -0.4 is 9.46 Å². The van der Waals surface area contributed by atoms with Gasteiger partial charge >= 0.3 is 0 Å². The molecular weight excluding hydrogens is 684 g/mol. The van der Waals surface area contributed by atoms with Gasteiger partial charge in [-0.2, -0.15) is 4.98 Å². The van der Waals surface area contributed by atoms with E-state index >= 15 is 0 Å². The monoisotopic (exact) mass is 732 g/mol. The van der Waals surface area contributed by atoms with Gasteiger partial charge in [0.25, 0.3) is 6.01 Å². The summed E-state index contributed by atoms with van der Waals surface area (Å²) in [5, 5.41) is -0.576. The Morgan fingerprint density at radius 2 is 1.88 bits per heavy atom. The average molecular weight is 733 g/mol. The van der Waals surface area contributed by atoms with Crippen LogP contribution in [-0.4, -0.2) is 64.4 Å². The van der Waals surface area contributed by atoms with E-state index in [9.17, 15) is 27.2 Å². The summed E-state index contributed by atoms with van der Waals surface area (Å²) in [6.45, 7) is 6.06. The molecule has 3 heterocycles. The zero-order chi connectivity index (χ0) is 36.8.